The van der Waals surface area contributed by atoms with Crippen molar-refractivity contribution in [3.05, 3.63) is 59.2 Å². The van der Waals surface area contributed by atoms with Crippen molar-refractivity contribution in [3.8, 4) is 11.1 Å². The molecule has 0 atom stereocenters. The molecule has 2 aromatic carbocycles. The third kappa shape index (κ3) is 3.68. The molecule has 1 aliphatic carbocycles. The third-order valence-corrected chi connectivity index (χ3v) is 5.70. The van der Waals surface area contributed by atoms with Crippen LogP contribution in [0.4, 0.5) is 0 Å². The molecule has 0 heterocycles. The number of benzene rings is 2. The Bertz CT molecular complexity index is 607. The Balaban J connectivity index is 1.73. The molecule has 2 aromatic rings. The van der Waals surface area contributed by atoms with E-state index >= 15 is 0 Å². The zero-order chi connectivity index (χ0) is 16.2. The van der Waals surface area contributed by atoms with Crippen LogP contribution in [-0.2, 0) is 0 Å². The SMILES string of the molecule is CCCC1CCC(c2ccc(-c3c(C)cccc3C)cc2)CC1. The first-order chi connectivity index (χ1) is 11.2. The molecule has 1 fully saturated rings. The van der Waals surface area contributed by atoms with Gasteiger partial charge in [0.15, 0.2) is 0 Å². The molecule has 0 aromatic heterocycles. The summed E-state index contributed by atoms with van der Waals surface area (Å²) in [6.45, 7) is 6.74. The van der Waals surface area contributed by atoms with E-state index < -0.39 is 0 Å². The maximum absolute atomic E-state index is 2.38. The van der Waals surface area contributed by atoms with Crippen molar-refractivity contribution in [3.63, 3.8) is 0 Å². The van der Waals surface area contributed by atoms with Crippen LogP contribution in [0.3, 0.4) is 0 Å². The molecule has 3 rings (SSSR count). The first-order valence-electron chi connectivity index (χ1n) is 9.35. The average molecular weight is 306 g/mol. The Morgan fingerprint density at radius 1 is 0.826 bits per heavy atom. The highest BCUT2D eigenvalue weighted by Gasteiger charge is 2.21. The molecule has 0 amide bonds. The monoisotopic (exact) mass is 306 g/mol. The average Bonchev–Trinajstić information content (AvgIpc) is 2.56. The Kier molecular flexibility index (Phi) is 5.20. The van der Waals surface area contributed by atoms with Crippen LogP contribution >= 0.6 is 0 Å². The highest BCUT2D eigenvalue weighted by atomic mass is 14.3. The highest BCUT2D eigenvalue weighted by molar-refractivity contribution is 5.70. The fraction of sp³-hybridized carbons (Fsp3) is 0.478. The Morgan fingerprint density at radius 3 is 2.00 bits per heavy atom. The number of hydrogen-bond acceptors (Lipinski definition) is 0. The minimum Gasteiger partial charge on any atom is -0.0654 e. The predicted molar refractivity (Wildman–Crippen MR) is 101 cm³/mol. The standard InChI is InChI=1S/C23H30/c1-4-6-19-9-11-20(12-10-19)21-13-15-22(16-14-21)23-17(2)7-5-8-18(23)3/h5,7-8,13-16,19-20H,4,6,9-12H2,1-3H3. The largest absolute Gasteiger partial charge is 0.0654 e. The van der Waals surface area contributed by atoms with Crippen molar-refractivity contribution < 1.29 is 0 Å². The van der Waals surface area contributed by atoms with Gasteiger partial charge in [0.2, 0.25) is 0 Å². The van der Waals surface area contributed by atoms with Crippen LogP contribution in [0.15, 0.2) is 42.5 Å². The van der Waals surface area contributed by atoms with Crippen LogP contribution in [0.2, 0.25) is 0 Å². The van der Waals surface area contributed by atoms with Gasteiger partial charge in [-0.05, 0) is 79.2 Å². The molecule has 0 saturated heterocycles. The molecule has 1 aliphatic rings. The first kappa shape index (κ1) is 16.3. The van der Waals surface area contributed by atoms with Crippen LogP contribution in [0.1, 0.15) is 68.1 Å². The zero-order valence-corrected chi connectivity index (χ0v) is 14.9. The second-order valence-corrected chi connectivity index (χ2v) is 7.40. The van der Waals surface area contributed by atoms with Crippen LogP contribution in [0, 0.1) is 19.8 Å². The van der Waals surface area contributed by atoms with Gasteiger partial charge in [-0.3, -0.25) is 0 Å². The molecule has 23 heavy (non-hydrogen) atoms. The van der Waals surface area contributed by atoms with Crippen molar-refractivity contribution in [2.75, 3.05) is 0 Å². The van der Waals surface area contributed by atoms with Crippen molar-refractivity contribution in [2.24, 2.45) is 5.92 Å². The summed E-state index contributed by atoms with van der Waals surface area (Å²) in [5.74, 6) is 1.78. The lowest BCUT2D eigenvalue weighted by Gasteiger charge is -2.28. The van der Waals surface area contributed by atoms with Crippen molar-refractivity contribution in [2.45, 2.75) is 65.2 Å². The van der Waals surface area contributed by atoms with Crippen LogP contribution in [0.5, 0.6) is 0 Å². The van der Waals surface area contributed by atoms with E-state index in [0.29, 0.717) is 0 Å². The molecule has 122 valence electrons. The zero-order valence-electron chi connectivity index (χ0n) is 14.9. The summed E-state index contributed by atoms with van der Waals surface area (Å²) in [6, 6.07) is 16.0. The normalized spacial score (nSPS) is 21.3. The Labute approximate surface area is 141 Å². The van der Waals surface area contributed by atoms with Gasteiger partial charge < -0.3 is 0 Å². The summed E-state index contributed by atoms with van der Waals surface area (Å²) in [6.07, 6.45) is 8.40. The molecule has 0 spiro atoms. The Morgan fingerprint density at radius 2 is 1.43 bits per heavy atom. The molecule has 0 N–H and O–H groups in total. The van der Waals surface area contributed by atoms with Crippen LogP contribution in [0.25, 0.3) is 11.1 Å². The minimum atomic E-state index is 0.787. The van der Waals surface area contributed by atoms with Crippen molar-refractivity contribution >= 4 is 0 Å². The summed E-state index contributed by atoms with van der Waals surface area (Å²) >= 11 is 0. The second-order valence-electron chi connectivity index (χ2n) is 7.40. The van der Waals surface area contributed by atoms with Gasteiger partial charge in [0.25, 0.3) is 0 Å². The topological polar surface area (TPSA) is 0 Å². The van der Waals surface area contributed by atoms with Gasteiger partial charge >= 0.3 is 0 Å². The van der Waals surface area contributed by atoms with E-state index in [0.717, 1.165) is 11.8 Å². The van der Waals surface area contributed by atoms with E-state index in [-0.39, 0.29) is 0 Å². The fourth-order valence-corrected chi connectivity index (χ4v) is 4.38. The first-order valence-corrected chi connectivity index (χ1v) is 9.35. The van der Waals surface area contributed by atoms with Gasteiger partial charge in [-0.1, -0.05) is 62.2 Å². The third-order valence-electron chi connectivity index (χ3n) is 5.70. The van der Waals surface area contributed by atoms with E-state index in [9.17, 15) is 0 Å². The predicted octanol–water partition coefficient (Wildman–Crippen LogP) is 7.04. The van der Waals surface area contributed by atoms with Crippen molar-refractivity contribution in [1.29, 1.82) is 0 Å². The summed E-state index contributed by atoms with van der Waals surface area (Å²) in [5, 5.41) is 0. The maximum atomic E-state index is 2.38. The molecule has 0 unspecified atom stereocenters. The van der Waals surface area contributed by atoms with Gasteiger partial charge in [0.1, 0.15) is 0 Å². The van der Waals surface area contributed by atoms with Gasteiger partial charge in [0, 0.05) is 0 Å². The molecule has 1 saturated carbocycles. The van der Waals surface area contributed by atoms with Gasteiger partial charge in [-0.2, -0.15) is 0 Å². The highest BCUT2D eigenvalue weighted by Crippen LogP contribution is 2.38. The minimum absolute atomic E-state index is 0.787. The quantitative estimate of drug-likeness (QED) is 0.568. The molecule has 0 aliphatic heterocycles. The van der Waals surface area contributed by atoms with E-state index in [1.165, 1.54) is 60.8 Å². The number of hydrogen-bond donors (Lipinski definition) is 0. The summed E-state index contributed by atoms with van der Waals surface area (Å²) in [7, 11) is 0. The summed E-state index contributed by atoms with van der Waals surface area (Å²) in [4.78, 5) is 0. The van der Waals surface area contributed by atoms with Crippen LogP contribution in [-0.4, -0.2) is 0 Å². The van der Waals surface area contributed by atoms with Crippen LogP contribution < -0.4 is 0 Å². The van der Waals surface area contributed by atoms with E-state index in [4.69, 9.17) is 0 Å². The fourth-order valence-electron chi connectivity index (χ4n) is 4.38. The van der Waals surface area contributed by atoms with Gasteiger partial charge in [-0.25, -0.2) is 0 Å². The smallest absolute Gasteiger partial charge is 0.0125 e. The van der Waals surface area contributed by atoms with Crippen molar-refractivity contribution in [1.82, 2.24) is 0 Å². The summed E-state index contributed by atoms with van der Waals surface area (Å²) < 4.78 is 0. The molecular formula is C23H30. The molecule has 0 bridgehead atoms. The Hall–Kier alpha value is -1.56. The van der Waals surface area contributed by atoms with Gasteiger partial charge in [0.05, 0.1) is 0 Å². The lowest BCUT2D eigenvalue weighted by Crippen LogP contribution is -2.13. The number of aryl methyl sites for hydroxylation is 2. The van der Waals surface area contributed by atoms with E-state index in [1.807, 2.05) is 0 Å². The maximum Gasteiger partial charge on any atom is -0.0125 e. The lowest BCUT2D eigenvalue weighted by atomic mass is 9.77. The molecule has 0 heteroatoms. The molecular weight excluding hydrogens is 276 g/mol. The van der Waals surface area contributed by atoms with E-state index in [1.54, 1.807) is 5.56 Å². The summed E-state index contributed by atoms with van der Waals surface area (Å²) in [5.41, 5.74) is 7.07. The molecule has 0 nitrogen and oxygen atoms in total. The number of rotatable bonds is 4. The molecule has 0 radical (unpaired) electrons. The lowest BCUT2D eigenvalue weighted by molar-refractivity contribution is 0.308. The second kappa shape index (κ2) is 7.34. The van der Waals surface area contributed by atoms with Gasteiger partial charge in [-0.15, -0.1) is 0 Å². The van der Waals surface area contributed by atoms with E-state index in [2.05, 4.69) is 63.2 Å².